The van der Waals surface area contributed by atoms with E-state index in [0.29, 0.717) is 12.1 Å². The van der Waals surface area contributed by atoms with E-state index in [1.54, 1.807) is 0 Å². The Morgan fingerprint density at radius 2 is 2.09 bits per heavy atom. The van der Waals surface area contributed by atoms with E-state index in [-0.39, 0.29) is 0 Å². The Balaban J connectivity index is 2.23. The lowest BCUT2D eigenvalue weighted by Crippen LogP contribution is -2.45. The van der Waals surface area contributed by atoms with Crippen molar-refractivity contribution in [2.45, 2.75) is 37.8 Å². The smallest absolute Gasteiger partial charge is 0.0229 e. The van der Waals surface area contributed by atoms with Crippen molar-refractivity contribution in [1.29, 1.82) is 0 Å². The Bertz CT molecular complexity index is 112. The van der Waals surface area contributed by atoms with Crippen LogP contribution in [-0.4, -0.2) is 31.2 Å². The molecule has 0 spiro atoms. The van der Waals surface area contributed by atoms with Gasteiger partial charge >= 0.3 is 0 Å². The molecule has 2 atom stereocenters. The molecule has 0 amide bonds. The average molecular weight is 157 g/mol. The minimum atomic E-state index is 0.418. The highest BCUT2D eigenvalue weighted by atomic mass is 15.5. The molecule has 3 heteroatoms. The predicted molar refractivity (Wildman–Crippen MR) is 47.1 cm³/mol. The molecule has 0 aromatic rings. The van der Waals surface area contributed by atoms with Gasteiger partial charge in [-0.1, -0.05) is 6.42 Å². The van der Waals surface area contributed by atoms with E-state index in [1.807, 2.05) is 19.1 Å². The molecule has 0 saturated heterocycles. The highest BCUT2D eigenvalue weighted by Gasteiger charge is 2.18. The summed E-state index contributed by atoms with van der Waals surface area (Å²) in [5, 5.41) is 2.02. The molecule has 0 radical (unpaired) electrons. The van der Waals surface area contributed by atoms with Crippen LogP contribution in [-0.2, 0) is 0 Å². The normalized spacial score (nSPS) is 32.7. The van der Waals surface area contributed by atoms with Crippen LogP contribution in [0.15, 0.2) is 0 Å². The van der Waals surface area contributed by atoms with E-state index in [1.165, 1.54) is 19.3 Å². The Morgan fingerprint density at radius 1 is 1.36 bits per heavy atom. The second-order valence-corrected chi connectivity index (χ2v) is 3.65. The number of nitrogens with zero attached hydrogens (tertiary/aromatic N) is 1. The van der Waals surface area contributed by atoms with Crippen molar-refractivity contribution in [3.05, 3.63) is 0 Å². The average Bonchev–Trinajstić information content (AvgIpc) is 1.85. The van der Waals surface area contributed by atoms with Crippen LogP contribution in [0.2, 0.25) is 0 Å². The van der Waals surface area contributed by atoms with Gasteiger partial charge in [-0.05, 0) is 19.3 Å². The first-order valence-electron chi connectivity index (χ1n) is 4.37. The van der Waals surface area contributed by atoms with Gasteiger partial charge in [0.05, 0.1) is 0 Å². The summed E-state index contributed by atoms with van der Waals surface area (Å²) in [4.78, 5) is 0. The molecule has 1 saturated carbocycles. The van der Waals surface area contributed by atoms with Gasteiger partial charge < -0.3 is 5.73 Å². The highest BCUT2D eigenvalue weighted by molar-refractivity contribution is 4.78. The number of hydrazine groups is 1. The molecule has 2 unspecified atom stereocenters. The van der Waals surface area contributed by atoms with Crippen molar-refractivity contribution in [1.82, 2.24) is 10.4 Å². The number of hydrogen-bond donors (Lipinski definition) is 2. The van der Waals surface area contributed by atoms with Gasteiger partial charge in [0.1, 0.15) is 0 Å². The third-order valence-corrected chi connectivity index (χ3v) is 2.16. The van der Waals surface area contributed by atoms with Gasteiger partial charge in [0.15, 0.2) is 0 Å². The summed E-state index contributed by atoms with van der Waals surface area (Å²) in [7, 11) is 4.06. The molecule has 0 aromatic heterocycles. The van der Waals surface area contributed by atoms with E-state index in [4.69, 9.17) is 5.73 Å². The van der Waals surface area contributed by atoms with Crippen molar-refractivity contribution < 1.29 is 0 Å². The van der Waals surface area contributed by atoms with Crippen LogP contribution in [0.4, 0.5) is 0 Å². The Labute approximate surface area is 68.9 Å². The highest BCUT2D eigenvalue weighted by Crippen LogP contribution is 2.16. The molecule has 0 heterocycles. The standard InChI is InChI=1S/C8H19N3/c1-11(2)10-8-5-3-4-7(9)6-8/h7-8,10H,3-6,9H2,1-2H3. The van der Waals surface area contributed by atoms with Crippen LogP contribution in [0.3, 0.4) is 0 Å². The van der Waals surface area contributed by atoms with Crippen molar-refractivity contribution in [3.63, 3.8) is 0 Å². The first-order chi connectivity index (χ1) is 5.18. The summed E-state index contributed by atoms with van der Waals surface area (Å²) in [6, 6.07) is 1.02. The number of rotatable bonds is 2. The van der Waals surface area contributed by atoms with Gasteiger partial charge in [-0.25, -0.2) is 0 Å². The van der Waals surface area contributed by atoms with Gasteiger partial charge in [-0.15, -0.1) is 0 Å². The zero-order valence-corrected chi connectivity index (χ0v) is 7.51. The quantitative estimate of drug-likeness (QED) is 0.567. The van der Waals surface area contributed by atoms with Crippen LogP contribution in [0, 0.1) is 0 Å². The number of nitrogens with two attached hydrogens (primary N) is 1. The number of hydrogen-bond acceptors (Lipinski definition) is 3. The summed E-state index contributed by atoms with van der Waals surface area (Å²) in [6.45, 7) is 0. The lowest BCUT2D eigenvalue weighted by atomic mass is 9.92. The molecule has 1 rings (SSSR count). The van der Waals surface area contributed by atoms with Gasteiger partial charge in [-0.2, -0.15) is 0 Å². The fraction of sp³-hybridized carbons (Fsp3) is 1.00. The van der Waals surface area contributed by atoms with E-state index >= 15 is 0 Å². The number of nitrogens with one attached hydrogen (secondary N) is 1. The third-order valence-electron chi connectivity index (χ3n) is 2.16. The van der Waals surface area contributed by atoms with Crippen LogP contribution in [0.25, 0.3) is 0 Å². The van der Waals surface area contributed by atoms with Gasteiger partial charge in [0, 0.05) is 26.2 Å². The predicted octanol–water partition coefficient (Wildman–Crippen LogP) is 0.322. The fourth-order valence-corrected chi connectivity index (χ4v) is 1.71. The molecule has 3 nitrogen and oxygen atoms in total. The first kappa shape index (κ1) is 8.97. The molecule has 0 bridgehead atoms. The SMILES string of the molecule is CN(C)NC1CCCC(N)C1. The maximum Gasteiger partial charge on any atom is 0.0229 e. The summed E-state index contributed by atoms with van der Waals surface area (Å²) >= 11 is 0. The summed E-state index contributed by atoms with van der Waals surface area (Å²) in [5.74, 6) is 0. The van der Waals surface area contributed by atoms with Crippen LogP contribution >= 0.6 is 0 Å². The van der Waals surface area contributed by atoms with E-state index < -0.39 is 0 Å². The first-order valence-corrected chi connectivity index (χ1v) is 4.37. The lowest BCUT2D eigenvalue weighted by Gasteiger charge is -2.29. The van der Waals surface area contributed by atoms with E-state index in [9.17, 15) is 0 Å². The van der Waals surface area contributed by atoms with Crippen molar-refractivity contribution in [2.24, 2.45) is 5.73 Å². The van der Waals surface area contributed by atoms with Gasteiger partial charge in [0.25, 0.3) is 0 Å². The summed E-state index contributed by atoms with van der Waals surface area (Å²) in [5.41, 5.74) is 9.21. The van der Waals surface area contributed by atoms with Gasteiger partial charge in [-0.3, -0.25) is 10.4 Å². The lowest BCUT2D eigenvalue weighted by molar-refractivity contribution is 0.199. The van der Waals surface area contributed by atoms with Crippen molar-refractivity contribution in [3.8, 4) is 0 Å². The molecule has 3 N–H and O–H groups in total. The zero-order chi connectivity index (χ0) is 8.27. The van der Waals surface area contributed by atoms with Crippen LogP contribution in [0.5, 0.6) is 0 Å². The second kappa shape index (κ2) is 4.04. The maximum atomic E-state index is 5.84. The van der Waals surface area contributed by atoms with Crippen LogP contribution < -0.4 is 11.2 Å². The molecule has 11 heavy (non-hydrogen) atoms. The molecule has 0 aliphatic heterocycles. The summed E-state index contributed by atoms with van der Waals surface area (Å²) < 4.78 is 0. The van der Waals surface area contributed by atoms with Gasteiger partial charge in [0.2, 0.25) is 0 Å². The van der Waals surface area contributed by atoms with Crippen LogP contribution in [0.1, 0.15) is 25.7 Å². The van der Waals surface area contributed by atoms with Crippen molar-refractivity contribution >= 4 is 0 Å². The Hall–Kier alpha value is -0.120. The molecule has 0 aromatic carbocycles. The van der Waals surface area contributed by atoms with E-state index in [2.05, 4.69) is 5.43 Å². The fourth-order valence-electron chi connectivity index (χ4n) is 1.71. The topological polar surface area (TPSA) is 41.3 Å². The van der Waals surface area contributed by atoms with Crippen molar-refractivity contribution in [2.75, 3.05) is 14.1 Å². The molecule has 66 valence electrons. The Kier molecular flexibility index (Phi) is 3.30. The molecule has 1 aliphatic rings. The molecular formula is C8H19N3. The maximum absolute atomic E-state index is 5.84. The monoisotopic (exact) mass is 157 g/mol. The summed E-state index contributed by atoms with van der Waals surface area (Å²) in [6.07, 6.45) is 4.86. The zero-order valence-electron chi connectivity index (χ0n) is 7.51. The molecular weight excluding hydrogens is 138 g/mol. The second-order valence-electron chi connectivity index (χ2n) is 3.65. The molecule has 1 aliphatic carbocycles. The Morgan fingerprint density at radius 3 is 2.64 bits per heavy atom. The largest absolute Gasteiger partial charge is 0.328 e. The minimum absolute atomic E-state index is 0.418. The van der Waals surface area contributed by atoms with E-state index in [0.717, 1.165) is 6.42 Å². The minimum Gasteiger partial charge on any atom is -0.328 e. The third kappa shape index (κ3) is 3.18. The molecule has 1 fully saturated rings.